The Labute approximate surface area is 174 Å². The van der Waals surface area contributed by atoms with Crippen molar-refractivity contribution in [2.75, 3.05) is 31.7 Å². The van der Waals surface area contributed by atoms with Crippen LogP contribution in [0.5, 0.6) is 5.75 Å². The van der Waals surface area contributed by atoms with E-state index in [4.69, 9.17) is 14.2 Å². The van der Waals surface area contributed by atoms with Crippen molar-refractivity contribution in [2.45, 2.75) is 6.92 Å². The van der Waals surface area contributed by atoms with Gasteiger partial charge in [0.25, 0.3) is 5.91 Å². The number of anilines is 1. The van der Waals surface area contributed by atoms with Gasteiger partial charge in [-0.05, 0) is 59.3 Å². The molecule has 2 rings (SSSR count). The van der Waals surface area contributed by atoms with Gasteiger partial charge in [-0.15, -0.1) is 0 Å². The summed E-state index contributed by atoms with van der Waals surface area (Å²) in [6, 6.07) is 11.9. The van der Waals surface area contributed by atoms with Crippen molar-refractivity contribution in [1.29, 1.82) is 0 Å². The minimum absolute atomic E-state index is 0.163. The van der Waals surface area contributed by atoms with Crippen LogP contribution >= 0.6 is 31.9 Å². The molecule has 0 atom stereocenters. The predicted octanol–water partition coefficient (Wildman–Crippen LogP) is 4.42. The van der Waals surface area contributed by atoms with E-state index in [-0.39, 0.29) is 19.1 Å². The first kappa shape index (κ1) is 21.4. The van der Waals surface area contributed by atoms with E-state index in [1.807, 2.05) is 19.1 Å². The first-order chi connectivity index (χ1) is 13.0. The molecule has 0 saturated heterocycles. The van der Waals surface area contributed by atoms with Crippen molar-refractivity contribution in [3.63, 3.8) is 0 Å². The van der Waals surface area contributed by atoms with E-state index >= 15 is 0 Å². The van der Waals surface area contributed by atoms with Gasteiger partial charge in [-0.1, -0.05) is 22.0 Å². The molecule has 1 N–H and O–H groups in total. The smallest absolute Gasteiger partial charge is 0.338 e. The zero-order chi connectivity index (χ0) is 19.6. The Morgan fingerprint density at radius 2 is 1.89 bits per heavy atom. The third-order valence-corrected chi connectivity index (χ3v) is 4.41. The van der Waals surface area contributed by atoms with Gasteiger partial charge < -0.3 is 19.5 Å². The lowest BCUT2D eigenvalue weighted by Crippen LogP contribution is -2.20. The van der Waals surface area contributed by atoms with Crippen molar-refractivity contribution in [3.05, 3.63) is 57.0 Å². The van der Waals surface area contributed by atoms with Crippen LogP contribution in [0.1, 0.15) is 17.3 Å². The molecule has 0 aliphatic heterocycles. The molecule has 0 heterocycles. The topological polar surface area (TPSA) is 73.9 Å². The van der Waals surface area contributed by atoms with Gasteiger partial charge in [0.1, 0.15) is 12.4 Å². The highest BCUT2D eigenvalue weighted by atomic mass is 79.9. The average Bonchev–Trinajstić information content (AvgIpc) is 2.64. The summed E-state index contributed by atoms with van der Waals surface area (Å²) in [5.41, 5.74) is 0.832. The Morgan fingerprint density at radius 3 is 2.63 bits per heavy atom. The number of hydrogen-bond acceptors (Lipinski definition) is 5. The second-order valence-electron chi connectivity index (χ2n) is 5.33. The summed E-state index contributed by atoms with van der Waals surface area (Å²) in [5, 5.41) is 2.69. The van der Waals surface area contributed by atoms with Crippen LogP contribution < -0.4 is 10.1 Å². The van der Waals surface area contributed by atoms with Gasteiger partial charge in [0.05, 0.1) is 16.6 Å². The molecule has 2 aromatic carbocycles. The van der Waals surface area contributed by atoms with E-state index in [2.05, 4.69) is 37.2 Å². The quantitative estimate of drug-likeness (QED) is 0.407. The summed E-state index contributed by atoms with van der Waals surface area (Å²) < 4.78 is 17.4. The van der Waals surface area contributed by atoms with Gasteiger partial charge >= 0.3 is 5.97 Å². The first-order valence-electron chi connectivity index (χ1n) is 8.22. The summed E-state index contributed by atoms with van der Waals surface area (Å²) in [7, 11) is 0. The maximum atomic E-state index is 12.1. The Hall–Kier alpha value is -1.90. The Morgan fingerprint density at radius 1 is 1.07 bits per heavy atom. The van der Waals surface area contributed by atoms with E-state index in [1.54, 1.807) is 30.3 Å². The fourth-order valence-corrected chi connectivity index (χ4v) is 3.24. The molecule has 0 spiro atoms. The van der Waals surface area contributed by atoms with E-state index in [0.29, 0.717) is 30.2 Å². The maximum absolute atomic E-state index is 12.1. The highest BCUT2D eigenvalue weighted by molar-refractivity contribution is 9.11. The normalized spacial score (nSPS) is 10.3. The number of amides is 1. The van der Waals surface area contributed by atoms with E-state index in [9.17, 15) is 9.59 Å². The van der Waals surface area contributed by atoms with Crippen LogP contribution in [0.25, 0.3) is 0 Å². The fourth-order valence-electron chi connectivity index (χ4n) is 2.08. The Kier molecular flexibility index (Phi) is 8.77. The molecular formula is C19H19Br2NO5. The lowest BCUT2D eigenvalue weighted by molar-refractivity contribution is -0.118. The Bertz CT molecular complexity index is 797. The van der Waals surface area contributed by atoms with Gasteiger partial charge in [0.15, 0.2) is 6.61 Å². The average molecular weight is 501 g/mol. The van der Waals surface area contributed by atoms with Gasteiger partial charge in [0, 0.05) is 16.8 Å². The molecular weight excluding hydrogens is 482 g/mol. The van der Waals surface area contributed by atoms with Crippen LogP contribution in [0.3, 0.4) is 0 Å². The van der Waals surface area contributed by atoms with Crippen LogP contribution in [-0.4, -0.2) is 38.3 Å². The zero-order valence-corrected chi connectivity index (χ0v) is 17.8. The van der Waals surface area contributed by atoms with Crippen LogP contribution in [0.4, 0.5) is 5.69 Å². The number of hydrogen-bond donors (Lipinski definition) is 1. The highest BCUT2D eigenvalue weighted by Crippen LogP contribution is 2.28. The van der Waals surface area contributed by atoms with Gasteiger partial charge in [0.2, 0.25) is 0 Å². The second-order valence-corrected chi connectivity index (χ2v) is 7.10. The lowest BCUT2D eigenvalue weighted by atomic mass is 10.2. The monoisotopic (exact) mass is 499 g/mol. The van der Waals surface area contributed by atoms with Gasteiger partial charge in [-0.2, -0.15) is 0 Å². The number of carbonyl (C=O) groups excluding carboxylic acids is 2. The van der Waals surface area contributed by atoms with Crippen LogP contribution in [0.15, 0.2) is 51.4 Å². The number of benzene rings is 2. The van der Waals surface area contributed by atoms with E-state index in [1.165, 1.54) is 0 Å². The fraction of sp³-hybridized carbons (Fsp3) is 0.263. The predicted molar refractivity (Wildman–Crippen MR) is 109 cm³/mol. The van der Waals surface area contributed by atoms with Crippen molar-refractivity contribution in [1.82, 2.24) is 0 Å². The number of ether oxygens (including phenoxy) is 3. The van der Waals surface area contributed by atoms with E-state index in [0.717, 1.165) is 8.95 Å². The first-order valence-corrected chi connectivity index (χ1v) is 9.81. The summed E-state index contributed by atoms with van der Waals surface area (Å²) in [4.78, 5) is 24.1. The highest BCUT2D eigenvalue weighted by Gasteiger charge is 2.10. The van der Waals surface area contributed by atoms with Crippen LogP contribution in [-0.2, 0) is 14.3 Å². The largest absolute Gasteiger partial charge is 0.483 e. The number of carbonyl (C=O) groups is 2. The molecule has 0 saturated carbocycles. The van der Waals surface area contributed by atoms with Crippen LogP contribution in [0.2, 0.25) is 0 Å². The molecule has 0 radical (unpaired) electrons. The van der Waals surface area contributed by atoms with Crippen molar-refractivity contribution in [2.24, 2.45) is 0 Å². The summed E-state index contributed by atoms with van der Waals surface area (Å²) in [6.45, 7) is 2.80. The summed E-state index contributed by atoms with van der Waals surface area (Å²) in [5.74, 6) is -0.257. The molecule has 1 amide bonds. The molecule has 144 valence electrons. The third-order valence-electron chi connectivity index (χ3n) is 3.30. The lowest BCUT2D eigenvalue weighted by Gasteiger charge is -2.10. The third kappa shape index (κ3) is 7.32. The minimum atomic E-state index is -0.471. The molecule has 0 fully saturated rings. The standard InChI is InChI=1S/C19H19Br2NO5/c1-2-25-8-9-26-19(24)13-4-3-5-15(10-13)22-18(23)12-27-17-7-6-14(20)11-16(17)21/h3-7,10-11H,2,8-9,12H2,1H3,(H,22,23). The molecule has 2 aromatic rings. The summed E-state index contributed by atoms with van der Waals surface area (Å²) in [6.07, 6.45) is 0. The molecule has 0 unspecified atom stereocenters. The molecule has 27 heavy (non-hydrogen) atoms. The van der Waals surface area contributed by atoms with Crippen molar-refractivity contribution < 1.29 is 23.8 Å². The van der Waals surface area contributed by atoms with Gasteiger partial charge in [-0.25, -0.2) is 4.79 Å². The zero-order valence-electron chi connectivity index (χ0n) is 14.7. The maximum Gasteiger partial charge on any atom is 0.338 e. The van der Waals surface area contributed by atoms with Crippen molar-refractivity contribution >= 4 is 49.4 Å². The second kappa shape index (κ2) is 11.1. The summed E-state index contributed by atoms with van der Waals surface area (Å²) >= 11 is 6.73. The molecule has 0 aromatic heterocycles. The van der Waals surface area contributed by atoms with Crippen LogP contribution in [0, 0.1) is 0 Å². The number of rotatable bonds is 9. The molecule has 0 aliphatic rings. The number of nitrogens with one attached hydrogen (secondary N) is 1. The minimum Gasteiger partial charge on any atom is -0.483 e. The van der Waals surface area contributed by atoms with E-state index < -0.39 is 5.97 Å². The molecule has 6 nitrogen and oxygen atoms in total. The SMILES string of the molecule is CCOCCOC(=O)c1cccc(NC(=O)COc2ccc(Br)cc2Br)c1. The molecule has 0 aliphatic carbocycles. The number of halogens is 2. The van der Waals surface area contributed by atoms with Gasteiger partial charge in [-0.3, -0.25) is 4.79 Å². The Balaban J connectivity index is 1.87. The van der Waals surface area contributed by atoms with Crippen molar-refractivity contribution in [3.8, 4) is 5.75 Å². The molecule has 8 heteroatoms. The number of esters is 1. The molecule has 0 bridgehead atoms.